The van der Waals surface area contributed by atoms with Crippen LogP contribution in [0.4, 0.5) is 0 Å². The normalized spacial score (nSPS) is 21.3. The molecule has 3 rings (SSSR count). The Morgan fingerprint density at radius 2 is 2.13 bits per heavy atom. The number of hydrogen-bond donors (Lipinski definition) is 2. The number of nitrogens with zero attached hydrogens (tertiary/aromatic N) is 2. The van der Waals surface area contributed by atoms with Gasteiger partial charge in [-0.1, -0.05) is 12.8 Å². The monoisotopic (exact) mass is 331 g/mol. The molecule has 2 atom stereocenters. The molecule has 0 spiro atoms. The largest absolute Gasteiger partial charge is 0.392 e. The van der Waals surface area contributed by atoms with E-state index in [1.807, 2.05) is 11.4 Å². The molecule has 0 radical (unpaired) electrons. The van der Waals surface area contributed by atoms with Gasteiger partial charge in [-0.3, -0.25) is 9.78 Å². The van der Waals surface area contributed by atoms with Gasteiger partial charge in [0.05, 0.1) is 22.4 Å². The number of nitrogens with two attached hydrogens (primary N) is 1. The van der Waals surface area contributed by atoms with Crippen molar-refractivity contribution < 1.29 is 9.90 Å². The molecular weight excluding hydrogens is 310 g/mol. The summed E-state index contributed by atoms with van der Waals surface area (Å²) in [7, 11) is 0. The number of rotatable bonds is 5. The number of primary amides is 1. The van der Waals surface area contributed by atoms with Crippen LogP contribution in [0.2, 0.25) is 0 Å². The number of thiazole rings is 1. The van der Waals surface area contributed by atoms with E-state index in [0.29, 0.717) is 11.3 Å². The first-order valence-corrected chi connectivity index (χ1v) is 8.89. The van der Waals surface area contributed by atoms with Crippen molar-refractivity contribution in [3.05, 3.63) is 45.7 Å². The third-order valence-electron chi connectivity index (χ3n) is 4.41. The molecule has 1 fully saturated rings. The maximum atomic E-state index is 11.7. The molecule has 6 heteroatoms. The van der Waals surface area contributed by atoms with Crippen LogP contribution < -0.4 is 5.73 Å². The molecule has 5 nitrogen and oxygen atoms in total. The number of pyridine rings is 1. The molecule has 1 aliphatic carbocycles. The lowest BCUT2D eigenvalue weighted by molar-refractivity contribution is 0.0971. The Balaban J connectivity index is 1.85. The molecule has 0 aromatic carbocycles. The predicted molar refractivity (Wildman–Crippen MR) is 89.5 cm³/mol. The van der Waals surface area contributed by atoms with Crippen molar-refractivity contribution in [2.45, 2.75) is 50.5 Å². The first-order chi connectivity index (χ1) is 11.1. The van der Waals surface area contributed by atoms with Crippen LogP contribution in [-0.2, 0) is 12.8 Å². The molecule has 2 aromatic heterocycles. The third kappa shape index (κ3) is 3.76. The van der Waals surface area contributed by atoms with Gasteiger partial charge in [0, 0.05) is 29.6 Å². The van der Waals surface area contributed by atoms with E-state index in [-0.39, 0.29) is 5.92 Å². The molecular formula is C17H21N3O2S. The fourth-order valence-electron chi connectivity index (χ4n) is 3.19. The second-order valence-electron chi connectivity index (χ2n) is 5.98. The number of carbonyl (C=O) groups is 1. The van der Waals surface area contributed by atoms with Gasteiger partial charge in [-0.15, -0.1) is 11.3 Å². The lowest BCUT2D eigenvalue weighted by Crippen LogP contribution is -2.27. The Kier molecular flexibility index (Phi) is 5.03. The van der Waals surface area contributed by atoms with Crippen LogP contribution in [0, 0.1) is 0 Å². The topological polar surface area (TPSA) is 89.1 Å². The molecule has 1 saturated carbocycles. The van der Waals surface area contributed by atoms with Crippen LogP contribution in [0.15, 0.2) is 23.7 Å². The number of aromatic nitrogens is 2. The highest BCUT2D eigenvalue weighted by molar-refractivity contribution is 7.09. The second-order valence-corrected chi connectivity index (χ2v) is 6.96. The van der Waals surface area contributed by atoms with Crippen molar-refractivity contribution in [1.82, 2.24) is 9.97 Å². The number of hydrogen-bond acceptors (Lipinski definition) is 5. The van der Waals surface area contributed by atoms with Gasteiger partial charge in [-0.05, 0) is 31.4 Å². The molecule has 122 valence electrons. The van der Waals surface area contributed by atoms with E-state index >= 15 is 0 Å². The van der Waals surface area contributed by atoms with E-state index in [0.717, 1.165) is 49.2 Å². The molecule has 0 aliphatic heterocycles. The van der Waals surface area contributed by atoms with Gasteiger partial charge < -0.3 is 10.8 Å². The molecule has 1 amide bonds. The quantitative estimate of drug-likeness (QED) is 0.880. The number of aliphatic hydroxyl groups is 1. The summed E-state index contributed by atoms with van der Waals surface area (Å²) >= 11 is 1.63. The third-order valence-corrected chi connectivity index (χ3v) is 5.25. The Morgan fingerprint density at radius 1 is 1.30 bits per heavy atom. The zero-order valence-electron chi connectivity index (χ0n) is 12.9. The smallest absolute Gasteiger partial charge is 0.250 e. The summed E-state index contributed by atoms with van der Waals surface area (Å²) in [5.74, 6) is -0.567. The highest BCUT2D eigenvalue weighted by Gasteiger charge is 2.29. The summed E-state index contributed by atoms with van der Waals surface area (Å²) in [4.78, 5) is 20.7. The zero-order chi connectivity index (χ0) is 16.2. The van der Waals surface area contributed by atoms with Gasteiger partial charge >= 0.3 is 0 Å². The maximum absolute atomic E-state index is 11.7. The lowest BCUT2D eigenvalue weighted by Gasteiger charge is -2.28. The summed E-state index contributed by atoms with van der Waals surface area (Å²) in [5, 5.41) is 13.3. The second kappa shape index (κ2) is 7.19. The van der Waals surface area contributed by atoms with Crippen molar-refractivity contribution in [1.29, 1.82) is 0 Å². The maximum Gasteiger partial charge on any atom is 0.250 e. The van der Waals surface area contributed by atoms with Crippen LogP contribution in [-0.4, -0.2) is 27.1 Å². The summed E-state index contributed by atoms with van der Waals surface area (Å²) < 4.78 is 0. The molecule has 2 aromatic rings. The molecule has 23 heavy (non-hydrogen) atoms. The van der Waals surface area contributed by atoms with Gasteiger partial charge in [-0.25, -0.2) is 4.98 Å². The van der Waals surface area contributed by atoms with E-state index in [4.69, 9.17) is 5.73 Å². The Labute approximate surface area is 139 Å². The van der Waals surface area contributed by atoms with Crippen molar-refractivity contribution in [3.8, 4) is 0 Å². The first-order valence-electron chi connectivity index (χ1n) is 8.01. The van der Waals surface area contributed by atoms with Crippen LogP contribution in [0.5, 0.6) is 0 Å². The van der Waals surface area contributed by atoms with E-state index in [2.05, 4.69) is 9.97 Å². The minimum absolute atomic E-state index is 0.0916. The van der Waals surface area contributed by atoms with E-state index in [1.165, 1.54) is 0 Å². The Hall–Kier alpha value is -1.79. The molecule has 3 N–H and O–H groups in total. The van der Waals surface area contributed by atoms with Crippen molar-refractivity contribution in [2.24, 2.45) is 5.73 Å². The van der Waals surface area contributed by atoms with Gasteiger partial charge in [0.1, 0.15) is 0 Å². The highest BCUT2D eigenvalue weighted by atomic mass is 32.1. The van der Waals surface area contributed by atoms with Gasteiger partial charge in [0.25, 0.3) is 5.91 Å². The van der Waals surface area contributed by atoms with Gasteiger partial charge in [-0.2, -0.15) is 0 Å². The number of aliphatic hydroxyl groups excluding tert-OH is 1. The van der Waals surface area contributed by atoms with Gasteiger partial charge in [0.15, 0.2) is 0 Å². The molecule has 0 saturated heterocycles. The molecule has 0 unspecified atom stereocenters. The minimum atomic E-state index is -0.475. The van der Waals surface area contributed by atoms with Crippen molar-refractivity contribution in [2.75, 3.05) is 0 Å². The number of amides is 1. The average molecular weight is 331 g/mol. The number of aryl methyl sites for hydroxylation is 2. The zero-order valence-corrected chi connectivity index (χ0v) is 13.8. The Morgan fingerprint density at radius 3 is 2.83 bits per heavy atom. The van der Waals surface area contributed by atoms with Gasteiger partial charge in [0.2, 0.25) is 0 Å². The average Bonchev–Trinajstić information content (AvgIpc) is 3.06. The van der Waals surface area contributed by atoms with Crippen molar-refractivity contribution in [3.63, 3.8) is 0 Å². The molecule has 0 bridgehead atoms. The summed E-state index contributed by atoms with van der Waals surface area (Å²) in [5.41, 5.74) is 7.52. The van der Waals surface area contributed by atoms with Crippen LogP contribution in [0.3, 0.4) is 0 Å². The highest BCUT2D eigenvalue weighted by Crippen LogP contribution is 2.34. The van der Waals surface area contributed by atoms with E-state index in [9.17, 15) is 9.90 Å². The van der Waals surface area contributed by atoms with Crippen LogP contribution in [0.1, 0.15) is 58.4 Å². The summed E-state index contributed by atoms with van der Waals surface area (Å²) in [6, 6.07) is 3.61. The SMILES string of the molecule is NC(=O)c1ccc(CCc2nccs2)nc1[C@H]1CCCC[C@H]1O. The van der Waals surface area contributed by atoms with Crippen LogP contribution in [0.25, 0.3) is 0 Å². The summed E-state index contributed by atoms with van der Waals surface area (Å²) in [6.07, 6.45) is 6.63. The minimum Gasteiger partial charge on any atom is -0.392 e. The fraction of sp³-hybridized carbons (Fsp3) is 0.471. The standard InChI is InChI=1S/C17H21N3O2S/c18-17(22)13-7-5-11(6-8-15-19-9-10-23-15)20-16(13)12-3-1-2-4-14(12)21/h5,7,9-10,12,14,21H,1-4,6,8H2,(H2,18,22)/t12-,14+/m0/s1. The van der Waals surface area contributed by atoms with E-state index in [1.54, 1.807) is 23.6 Å². The lowest BCUT2D eigenvalue weighted by atomic mass is 9.82. The number of carbonyl (C=O) groups excluding carboxylic acids is 1. The Bertz CT molecular complexity index is 672. The first kappa shape index (κ1) is 16.1. The molecule has 2 heterocycles. The van der Waals surface area contributed by atoms with Crippen molar-refractivity contribution >= 4 is 17.2 Å². The van der Waals surface area contributed by atoms with E-state index < -0.39 is 12.0 Å². The predicted octanol–water partition coefficient (Wildman–Crippen LogP) is 2.44. The summed E-state index contributed by atoms with van der Waals surface area (Å²) in [6.45, 7) is 0. The van der Waals surface area contributed by atoms with Crippen LogP contribution >= 0.6 is 11.3 Å². The fourth-order valence-corrected chi connectivity index (χ4v) is 3.81. The molecule has 1 aliphatic rings.